The van der Waals surface area contributed by atoms with Crippen LogP contribution in [0.4, 0.5) is 18.9 Å². The maximum absolute atomic E-state index is 12.8. The van der Waals surface area contributed by atoms with Gasteiger partial charge in [0.1, 0.15) is 24.3 Å². The van der Waals surface area contributed by atoms with E-state index in [1.54, 1.807) is 29.2 Å². The number of alkyl halides is 3. The second kappa shape index (κ2) is 10.8. The number of fused-ring (bicyclic) bond motifs is 1. The molecule has 1 aliphatic rings. The van der Waals surface area contributed by atoms with Crippen LogP contribution >= 0.6 is 0 Å². The number of hydrogen-bond acceptors (Lipinski definition) is 6. The Morgan fingerprint density at radius 3 is 2.62 bits per heavy atom. The number of amides is 1. The number of anilines is 1. The van der Waals surface area contributed by atoms with E-state index in [4.69, 9.17) is 10.3 Å². The molecule has 3 rings (SSSR count). The summed E-state index contributed by atoms with van der Waals surface area (Å²) in [5, 5.41) is 6.19. The highest BCUT2D eigenvalue weighted by Gasteiger charge is 2.33. The number of halogens is 3. The van der Waals surface area contributed by atoms with E-state index in [1.807, 2.05) is 0 Å². The van der Waals surface area contributed by atoms with Gasteiger partial charge in [0.05, 0.1) is 18.2 Å². The molecule has 1 atom stereocenters. The van der Waals surface area contributed by atoms with Gasteiger partial charge in [0.25, 0.3) is 5.91 Å². The Morgan fingerprint density at radius 1 is 1.26 bits per heavy atom. The van der Waals surface area contributed by atoms with Crippen LogP contribution in [0.2, 0.25) is 0 Å². The summed E-state index contributed by atoms with van der Waals surface area (Å²) in [4.78, 5) is 25.2. The number of hydrogen-bond donors (Lipinski definition) is 2. The van der Waals surface area contributed by atoms with Crippen LogP contribution < -0.4 is 10.1 Å². The zero-order valence-electron chi connectivity index (χ0n) is 18.1. The van der Waals surface area contributed by atoms with Gasteiger partial charge in [-0.2, -0.15) is 18.3 Å². The lowest BCUT2D eigenvalue weighted by molar-refractivity contribution is -0.137. The highest BCUT2D eigenvalue weighted by Crippen LogP contribution is 2.33. The van der Waals surface area contributed by atoms with Gasteiger partial charge in [0.15, 0.2) is 0 Å². The monoisotopic (exact) mass is 472 g/mol. The van der Waals surface area contributed by atoms with E-state index in [-0.39, 0.29) is 24.3 Å². The molecule has 178 valence electrons. The molecule has 1 amide bonds. The molecule has 0 fully saturated rings. The van der Waals surface area contributed by atoms with Crippen molar-refractivity contribution < 1.29 is 27.5 Å². The molecule has 2 aromatic rings. The number of rotatable bonds is 11. The first-order valence-corrected chi connectivity index (χ1v) is 10.4. The molecule has 0 aromatic heterocycles. The molecule has 7 nitrogen and oxygen atoms in total. The van der Waals surface area contributed by atoms with Crippen molar-refractivity contribution in [2.45, 2.75) is 31.6 Å². The first-order valence-electron chi connectivity index (χ1n) is 10.4. The van der Waals surface area contributed by atoms with Crippen LogP contribution in [-0.2, 0) is 17.5 Å². The smallest absolute Gasteiger partial charge is 0.416 e. The summed E-state index contributed by atoms with van der Waals surface area (Å²) in [6, 6.07) is 9.24. The van der Waals surface area contributed by atoms with Crippen molar-refractivity contribution >= 4 is 17.9 Å². The lowest BCUT2D eigenvalue weighted by Crippen LogP contribution is -2.34. The van der Waals surface area contributed by atoms with Gasteiger partial charge in [-0.15, -0.1) is 6.58 Å². The first kappa shape index (κ1) is 24.7. The molecule has 1 heterocycles. The van der Waals surface area contributed by atoms with Crippen molar-refractivity contribution in [1.29, 1.82) is 5.53 Å². The predicted molar refractivity (Wildman–Crippen MR) is 119 cm³/mol. The van der Waals surface area contributed by atoms with Crippen LogP contribution in [0.1, 0.15) is 34.3 Å². The molecule has 0 saturated carbocycles. The van der Waals surface area contributed by atoms with Crippen LogP contribution in [0, 0.1) is 5.53 Å². The molecule has 0 aliphatic carbocycles. The number of carbonyl (C=O) groups is 2. The van der Waals surface area contributed by atoms with Crippen molar-refractivity contribution in [3.05, 3.63) is 83.7 Å². The van der Waals surface area contributed by atoms with Gasteiger partial charge in [-0.25, -0.2) is 5.53 Å². The number of nitrogens with one attached hydrogen (secondary N) is 2. The summed E-state index contributed by atoms with van der Waals surface area (Å²) in [6.07, 6.45) is 0.172. The SMILES string of the molecule is C=CC(CCC=O)N1Cc2c(OC/C(=C/Nc3ccc(C(F)(F)F)cc3)N=N)cccc2C1=O. The van der Waals surface area contributed by atoms with Gasteiger partial charge in [-0.1, -0.05) is 12.1 Å². The van der Waals surface area contributed by atoms with E-state index in [9.17, 15) is 22.8 Å². The van der Waals surface area contributed by atoms with E-state index in [2.05, 4.69) is 17.0 Å². The fraction of sp³-hybridized carbons (Fsp3) is 0.250. The maximum atomic E-state index is 12.8. The normalized spacial score (nSPS) is 14.4. The molecular weight excluding hydrogens is 449 g/mol. The zero-order valence-corrected chi connectivity index (χ0v) is 18.1. The summed E-state index contributed by atoms with van der Waals surface area (Å²) in [5.41, 5.74) is 8.35. The minimum atomic E-state index is -4.42. The molecule has 0 saturated heterocycles. The molecule has 0 radical (unpaired) electrons. The van der Waals surface area contributed by atoms with E-state index in [0.717, 1.165) is 18.4 Å². The van der Waals surface area contributed by atoms with Gasteiger partial charge in [-0.05, 0) is 42.8 Å². The molecular formula is C24H23F3N4O3. The summed E-state index contributed by atoms with van der Waals surface area (Å²) in [7, 11) is 0. The molecule has 10 heteroatoms. The van der Waals surface area contributed by atoms with E-state index >= 15 is 0 Å². The van der Waals surface area contributed by atoms with Gasteiger partial charge >= 0.3 is 6.18 Å². The topological polar surface area (TPSA) is 94.8 Å². The van der Waals surface area contributed by atoms with E-state index < -0.39 is 11.7 Å². The Morgan fingerprint density at radius 2 is 2.00 bits per heavy atom. The average Bonchev–Trinajstić information content (AvgIpc) is 3.16. The Hall–Kier alpha value is -3.95. The molecule has 1 unspecified atom stereocenters. The third-order valence-corrected chi connectivity index (χ3v) is 5.34. The third-order valence-electron chi connectivity index (χ3n) is 5.34. The zero-order chi connectivity index (χ0) is 24.7. The third kappa shape index (κ3) is 5.69. The minimum absolute atomic E-state index is 0.0994. The lowest BCUT2D eigenvalue weighted by atomic mass is 10.1. The van der Waals surface area contributed by atoms with Crippen LogP contribution in [0.25, 0.3) is 0 Å². The quantitative estimate of drug-likeness (QED) is 0.254. The number of nitrogens with zero attached hydrogens (tertiary/aromatic N) is 2. The summed E-state index contributed by atoms with van der Waals surface area (Å²) >= 11 is 0. The van der Waals surface area contributed by atoms with Crippen LogP contribution in [0.15, 0.2) is 72.1 Å². The van der Waals surface area contributed by atoms with Crippen LogP contribution in [0.5, 0.6) is 5.75 Å². The summed E-state index contributed by atoms with van der Waals surface area (Å²) in [5.74, 6) is 0.275. The predicted octanol–water partition coefficient (Wildman–Crippen LogP) is 5.56. The number of aldehydes is 1. The van der Waals surface area contributed by atoms with Gasteiger partial charge in [-0.3, -0.25) is 4.79 Å². The van der Waals surface area contributed by atoms with Crippen molar-refractivity contribution in [2.75, 3.05) is 11.9 Å². The fourth-order valence-electron chi connectivity index (χ4n) is 3.55. The first-order chi connectivity index (χ1) is 16.3. The van der Waals surface area contributed by atoms with Gasteiger partial charge in [0, 0.05) is 29.4 Å². The van der Waals surface area contributed by atoms with Crippen LogP contribution in [0.3, 0.4) is 0 Å². The van der Waals surface area contributed by atoms with Crippen molar-refractivity contribution in [2.24, 2.45) is 5.11 Å². The molecule has 34 heavy (non-hydrogen) atoms. The molecule has 2 aromatic carbocycles. The van der Waals surface area contributed by atoms with Gasteiger partial charge in [0.2, 0.25) is 0 Å². The fourth-order valence-corrected chi connectivity index (χ4v) is 3.55. The second-order valence-electron chi connectivity index (χ2n) is 7.52. The maximum Gasteiger partial charge on any atom is 0.416 e. The summed E-state index contributed by atoms with van der Waals surface area (Å²) in [6.45, 7) is 3.96. The lowest BCUT2D eigenvalue weighted by Gasteiger charge is -2.24. The van der Waals surface area contributed by atoms with Crippen LogP contribution in [-0.4, -0.2) is 29.7 Å². The Bertz CT molecular complexity index is 1100. The Balaban J connectivity index is 1.68. The van der Waals surface area contributed by atoms with Crippen molar-refractivity contribution in [1.82, 2.24) is 4.90 Å². The largest absolute Gasteiger partial charge is 0.487 e. The average molecular weight is 472 g/mol. The minimum Gasteiger partial charge on any atom is -0.487 e. The molecule has 0 spiro atoms. The Labute approximate surface area is 194 Å². The number of carbonyl (C=O) groups excluding carboxylic acids is 2. The highest BCUT2D eigenvalue weighted by molar-refractivity contribution is 5.99. The van der Waals surface area contributed by atoms with Crippen molar-refractivity contribution in [3.8, 4) is 5.75 Å². The van der Waals surface area contributed by atoms with E-state index in [1.165, 1.54) is 18.3 Å². The van der Waals surface area contributed by atoms with Gasteiger partial charge < -0.3 is 19.7 Å². The van der Waals surface area contributed by atoms with Crippen molar-refractivity contribution in [3.63, 3.8) is 0 Å². The molecule has 0 bridgehead atoms. The molecule has 2 N–H and O–H groups in total. The highest BCUT2D eigenvalue weighted by atomic mass is 19.4. The number of ether oxygens (including phenoxy) is 1. The molecule has 1 aliphatic heterocycles. The van der Waals surface area contributed by atoms with E-state index in [0.29, 0.717) is 42.0 Å². The standard InChI is InChI=1S/C24H23F3N4O3/c1-2-19(5-4-12-32)31-14-21-20(23(31)33)6-3-7-22(21)34-15-18(30-28)13-29-17-10-8-16(9-11-17)24(25,26)27/h2-3,6-13,19,28-29H,1,4-5,14-15H2/b18-13-,30-28?. The second-order valence-corrected chi connectivity index (χ2v) is 7.52. The summed E-state index contributed by atoms with van der Waals surface area (Å²) < 4.78 is 43.9. The number of benzene rings is 2. The Kier molecular flexibility index (Phi) is 7.83.